The lowest BCUT2D eigenvalue weighted by atomic mass is 10.1. The van der Waals surface area contributed by atoms with Crippen LogP contribution in [-0.2, 0) is 9.84 Å². The molecule has 0 fully saturated rings. The molecule has 142 valence electrons. The Morgan fingerprint density at radius 3 is 2.56 bits per heavy atom. The number of hydrogen-bond donors (Lipinski definition) is 2. The standard InChI is InChI=1S/C18H20N4O4S/c1-11-9-16(26-22-11)17-18(19)20-10-15(21-17)13-3-5-14(6-4-13)27(24,25)12(2)7-8-23/h3-6,9-10,12,23H,7-8H2,1-2H3,(H2,19,20). The third kappa shape index (κ3) is 3.83. The monoisotopic (exact) mass is 388 g/mol. The second kappa shape index (κ2) is 7.45. The fraction of sp³-hybridized carbons (Fsp3) is 0.278. The summed E-state index contributed by atoms with van der Waals surface area (Å²) in [6.45, 7) is 3.19. The van der Waals surface area contributed by atoms with Crippen molar-refractivity contribution in [2.45, 2.75) is 30.4 Å². The van der Waals surface area contributed by atoms with Crippen LogP contribution in [0.1, 0.15) is 19.0 Å². The van der Waals surface area contributed by atoms with Crippen molar-refractivity contribution in [3.63, 3.8) is 0 Å². The third-order valence-electron chi connectivity index (χ3n) is 4.21. The molecule has 3 aromatic rings. The summed E-state index contributed by atoms with van der Waals surface area (Å²) in [4.78, 5) is 8.82. The molecule has 0 saturated heterocycles. The molecule has 1 unspecified atom stereocenters. The molecular formula is C18H20N4O4S. The lowest BCUT2D eigenvalue weighted by Gasteiger charge is -2.12. The Bertz CT molecular complexity index is 1050. The molecule has 27 heavy (non-hydrogen) atoms. The van der Waals surface area contributed by atoms with Gasteiger partial charge in [0.1, 0.15) is 0 Å². The average Bonchev–Trinajstić information content (AvgIpc) is 3.08. The molecule has 1 aromatic carbocycles. The van der Waals surface area contributed by atoms with Crippen LogP contribution >= 0.6 is 0 Å². The molecule has 0 spiro atoms. The van der Waals surface area contributed by atoms with Crippen molar-refractivity contribution >= 4 is 15.7 Å². The third-order valence-corrected chi connectivity index (χ3v) is 6.43. The number of anilines is 1. The van der Waals surface area contributed by atoms with Gasteiger partial charge < -0.3 is 15.4 Å². The Morgan fingerprint density at radius 1 is 1.26 bits per heavy atom. The first-order valence-electron chi connectivity index (χ1n) is 8.34. The van der Waals surface area contributed by atoms with Gasteiger partial charge in [-0.15, -0.1) is 0 Å². The van der Waals surface area contributed by atoms with Gasteiger partial charge in [0.05, 0.1) is 27.7 Å². The first-order chi connectivity index (χ1) is 12.8. The van der Waals surface area contributed by atoms with Crippen molar-refractivity contribution in [3.8, 4) is 22.7 Å². The summed E-state index contributed by atoms with van der Waals surface area (Å²) in [7, 11) is -3.49. The Kier molecular flexibility index (Phi) is 5.24. The van der Waals surface area contributed by atoms with Gasteiger partial charge in [-0.05, 0) is 32.4 Å². The zero-order valence-electron chi connectivity index (χ0n) is 15.0. The Balaban J connectivity index is 1.94. The van der Waals surface area contributed by atoms with Gasteiger partial charge >= 0.3 is 0 Å². The largest absolute Gasteiger partial charge is 0.396 e. The Morgan fingerprint density at radius 2 is 1.96 bits per heavy atom. The molecule has 0 saturated carbocycles. The molecule has 9 heteroatoms. The van der Waals surface area contributed by atoms with Crippen LogP contribution in [0.2, 0.25) is 0 Å². The van der Waals surface area contributed by atoms with E-state index in [0.717, 1.165) is 0 Å². The fourth-order valence-electron chi connectivity index (χ4n) is 2.58. The van der Waals surface area contributed by atoms with Crippen molar-refractivity contribution in [1.82, 2.24) is 15.1 Å². The SMILES string of the molecule is Cc1cc(-c2nc(-c3ccc(S(=O)(=O)C(C)CCO)cc3)cnc2N)on1. The quantitative estimate of drug-likeness (QED) is 0.657. The van der Waals surface area contributed by atoms with Gasteiger partial charge in [0, 0.05) is 18.2 Å². The number of aliphatic hydroxyl groups excluding tert-OH is 1. The maximum atomic E-state index is 12.5. The van der Waals surface area contributed by atoms with E-state index in [4.69, 9.17) is 15.4 Å². The normalized spacial score (nSPS) is 12.9. The molecule has 0 aliphatic heterocycles. The van der Waals surface area contributed by atoms with E-state index in [0.29, 0.717) is 28.4 Å². The zero-order chi connectivity index (χ0) is 19.6. The average molecular weight is 388 g/mol. The summed E-state index contributed by atoms with van der Waals surface area (Å²) < 4.78 is 30.2. The number of aryl methyl sites for hydroxylation is 1. The summed E-state index contributed by atoms with van der Waals surface area (Å²) in [6, 6.07) is 8.08. The summed E-state index contributed by atoms with van der Waals surface area (Å²) in [5.74, 6) is 0.628. The van der Waals surface area contributed by atoms with Crippen molar-refractivity contribution in [2.75, 3.05) is 12.3 Å². The zero-order valence-corrected chi connectivity index (χ0v) is 15.8. The molecule has 3 N–H and O–H groups in total. The molecule has 2 aromatic heterocycles. The number of nitrogen functional groups attached to an aromatic ring is 1. The number of nitrogens with two attached hydrogens (primary N) is 1. The molecule has 8 nitrogen and oxygen atoms in total. The second-order valence-electron chi connectivity index (χ2n) is 6.21. The van der Waals surface area contributed by atoms with Crippen molar-refractivity contribution in [1.29, 1.82) is 0 Å². The van der Waals surface area contributed by atoms with E-state index in [1.54, 1.807) is 32.0 Å². The number of sulfone groups is 1. The van der Waals surface area contributed by atoms with E-state index in [1.807, 2.05) is 0 Å². The number of nitrogens with zero attached hydrogens (tertiary/aromatic N) is 3. The van der Waals surface area contributed by atoms with E-state index < -0.39 is 15.1 Å². The highest BCUT2D eigenvalue weighted by atomic mass is 32.2. The van der Waals surface area contributed by atoms with E-state index >= 15 is 0 Å². The smallest absolute Gasteiger partial charge is 0.189 e. The second-order valence-corrected chi connectivity index (χ2v) is 8.58. The van der Waals surface area contributed by atoms with Gasteiger partial charge in [-0.2, -0.15) is 0 Å². The summed E-state index contributed by atoms with van der Waals surface area (Å²) in [5, 5.41) is 12.1. The van der Waals surface area contributed by atoms with Crippen LogP contribution in [0, 0.1) is 6.92 Å². The Labute approximate surface area is 157 Å². The van der Waals surface area contributed by atoms with Crippen molar-refractivity contribution < 1.29 is 18.0 Å². The van der Waals surface area contributed by atoms with Gasteiger partial charge in [0.15, 0.2) is 27.1 Å². The van der Waals surface area contributed by atoms with E-state index in [2.05, 4.69) is 15.1 Å². The van der Waals surface area contributed by atoms with E-state index in [9.17, 15) is 8.42 Å². The van der Waals surface area contributed by atoms with Gasteiger partial charge in [-0.25, -0.2) is 18.4 Å². The van der Waals surface area contributed by atoms with Crippen molar-refractivity contribution in [3.05, 3.63) is 42.2 Å². The molecule has 0 bridgehead atoms. The van der Waals surface area contributed by atoms with Crippen LogP contribution in [0.25, 0.3) is 22.7 Å². The minimum absolute atomic E-state index is 0.177. The maximum absolute atomic E-state index is 12.5. The lowest BCUT2D eigenvalue weighted by molar-refractivity contribution is 0.287. The molecule has 1 atom stereocenters. The van der Waals surface area contributed by atoms with E-state index in [1.165, 1.54) is 18.3 Å². The number of benzene rings is 1. The van der Waals surface area contributed by atoms with Gasteiger partial charge in [-0.3, -0.25) is 0 Å². The maximum Gasteiger partial charge on any atom is 0.189 e. The van der Waals surface area contributed by atoms with Crippen LogP contribution < -0.4 is 5.73 Å². The van der Waals surface area contributed by atoms with Gasteiger partial charge in [0.25, 0.3) is 0 Å². The summed E-state index contributed by atoms with van der Waals surface area (Å²) in [6.07, 6.45) is 1.70. The van der Waals surface area contributed by atoms with Gasteiger partial charge in [0.2, 0.25) is 0 Å². The Hall–Kier alpha value is -2.78. The van der Waals surface area contributed by atoms with E-state index in [-0.39, 0.29) is 23.7 Å². The predicted octanol–water partition coefficient (Wildman–Crippen LogP) is 2.23. The first-order valence-corrected chi connectivity index (χ1v) is 9.89. The van der Waals surface area contributed by atoms with Crippen molar-refractivity contribution in [2.24, 2.45) is 0 Å². The van der Waals surface area contributed by atoms with Crippen LogP contribution in [0.4, 0.5) is 5.82 Å². The molecule has 2 heterocycles. The highest BCUT2D eigenvalue weighted by molar-refractivity contribution is 7.92. The molecule has 3 rings (SSSR count). The number of aromatic nitrogens is 3. The number of rotatable bonds is 6. The first kappa shape index (κ1) is 19.0. The number of aliphatic hydroxyl groups is 1. The molecule has 0 amide bonds. The van der Waals surface area contributed by atoms with Crippen LogP contribution in [0.5, 0.6) is 0 Å². The summed E-state index contributed by atoms with van der Waals surface area (Å²) in [5.41, 5.74) is 8.18. The summed E-state index contributed by atoms with van der Waals surface area (Å²) >= 11 is 0. The predicted molar refractivity (Wildman–Crippen MR) is 100 cm³/mol. The van der Waals surface area contributed by atoms with Crippen LogP contribution in [-0.4, -0.2) is 40.5 Å². The minimum atomic E-state index is -3.49. The molecule has 0 aliphatic carbocycles. The fourth-order valence-corrected chi connectivity index (χ4v) is 3.97. The van der Waals surface area contributed by atoms with Gasteiger partial charge in [-0.1, -0.05) is 17.3 Å². The molecule has 0 radical (unpaired) electrons. The minimum Gasteiger partial charge on any atom is -0.396 e. The van der Waals surface area contributed by atoms with Crippen LogP contribution in [0.15, 0.2) is 45.9 Å². The lowest BCUT2D eigenvalue weighted by Crippen LogP contribution is -2.19. The highest BCUT2D eigenvalue weighted by Crippen LogP contribution is 2.27. The molecule has 0 aliphatic rings. The highest BCUT2D eigenvalue weighted by Gasteiger charge is 2.23. The molecular weight excluding hydrogens is 368 g/mol. The van der Waals surface area contributed by atoms with Crippen LogP contribution in [0.3, 0.4) is 0 Å². The topological polar surface area (TPSA) is 132 Å². The number of hydrogen-bond acceptors (Lipinski definition) is 8.